The van der Waals surface area contributed by atoms with Crippen LogP contribution in [-0.4, -0.2) is 15.8 Å². The van der Waals surface area contributed by atoms with Crippen molar-refractivity contribution in [1.29, 1.82) is 0 Å². The molecule has 0 bridgehead atoms. The summed E-state index contributed by atoms with van der Waals surface area (Å²) in [5.41, 5.74) is 7.08. The molecule has 0 aliphatic heterocycles. The molecule has 1 aromatic heterocycles. The third kappa shape index (κ3) is 4.67. The van der Waals surface area contributed by atoms with Crippen LogP contribution >= 0.6 is 11.8 Å². The van der Waals surface area contributed by atoms with Crippen molar-refractivity contribution >= 4 is 11.8 Å². The van der Waals surface area contributed by atoms with Crippen LogP contribution < -0.4 is 5.73 Å². The van der Waals surface area contributed by atoms with Gasteiger partial charge in [-0.3, -0.25) is 0 Å². The van der Waals surface area contributed by atoms with Crippen molar-refractivity contribution < 1.29 is 0 Å². The van der Waals surface area contributed by atoms with Gasteiger partial charge in [-0.15, -0.1) is 11.8 Å². The van der Waals surface area contributed by atoms with Gasteiger partial charge in [-0.1, -0.05) is 26.8 Å². The van der Waals surface area contributed by atoms with Gasteiger partial charge in [0.15, 0.2) is 0 Å². The van der Waals surface area contributed by atoms with Gasteiger partial charge in [0.05, 0.1) is 5.03 Å². The Balaban J connectivity index is 2.86. The van der Waals surface area contributed by atoms with Crippen LogP contribution in [0.3, 0.4) is 0 Å². The normalized spacial score (nSPS) is 13.9. The van der Waals surface area contributed by atoms with E-state index in [0.29, 0.717) is 0 Å². The Morgan fingerprint density at radius 1 is 1.47 bits per heavy atom. The molecule has 0 aliphatic rings. The molecule has 1 rings (SSSR count). The van der Waals surface area contributed by atoms with Gasteiger partial charge in [0, 0.05) is 17.0 Å². The number of rotatable bonds is 3. The van der Waals surface area contributed by atoms with Crippen LogP contribution in [0.15, 0.2) is 23.4 Å². The number of hydrogen-bond acceptors (Lipinski definition) is 3. The molecule has 15 heavy (non-hydrogen) atoms. The van der Waals surface area contributed by atoms with Crippen LogP contribution in [-0.2, 0) is 6.42 Å². The topological polar surface area (TPSA) is 38.9 Å². The summed E-state index contributed by atoms with van der Waals surface area (Å²) in [6.45, 7) is 8.62. The largest absolute Gasteiger partial charge is 0.328 e. The predicted octanol–water partition coefficient (Wildman–Crippen LogP) is 2.86. The van der Waals surface area contributed by atoms with Gasteiger partial charge in [-0.2, -0.15) is 0 Å². The lowest BCUT2D eigenvalue weighted by molar-refractivity contribution is 0.719. The molecule has 0 aliphatic carbocycles. The van der Waals surface area contributed by atoms with Crippen molar-refractivity contribution in [3.63, 3.8) is 0 Å². The highest BCUT2D eigenvalue weighted by atomic mass is 32.2. The first kappa shape index (κ1) is 12.5. The summed E-state index contributed by atoms with van der Waals surface area (Å²) in [5, 5.41) is 1.11. The molecule has 0 saturated heterocycles. The Morgan fingerprint density at radius 3 is 2.67 bits per heavy atom. The summed E-state index contributed by atoms with van der Waals surface area (Å²) in [6.07, 6.45) is 2.74. The Bertz CT molecular complexity index is 316. The highest BCUT2D eigenvalue weighted by molar-refractivity contribution is 8.00. The molecule has 0 aromatic carbocycles. The molecule has 0 saturated carbocycles. The Morgan fingerprint density at radius 2 is 2.13 bits per heavy atom. The van der Waals surface area contributed by atoms with E-state index in [4.69, 9.17) is 5.73 Å². The van der Waals surface area contributed by atoms with Crippen LogP contribution in [0.1, 0.15) is 33.3 Å². The molecular weight excluding hydrogens is 204 g/mol. The molecule has 0 radical (unpaired) electrons. The molecule has 0 amide bonds. The minimum Gasteiger partial charge on any atom is -0.328 e. The van der Waals surface area contributed by atoms with Crippen molar-refractivity contribution in [2.75, 3.05) is 0 Å². The standard InChI is InChI=1S/C12H20N2S/c1-9(13)8-10-6-5-7-14-11(10)15-12(2,3)4/h5-7,9H,8,13H2,1-4H3. The highest BCUT2D eigenvalue weighted by Crippen LogP contribution is 2.32. The number of aromatic nitrogens is 1. The van der Waals surface area contributed by atoms with Crippen molar-refractivity contribution in [2.24, 2.45) is 5.73 Å². The zero-order valence-electron chi connectivity index (χ0n) is 9.95. The van der Waals surface area contributed by atoms with Crippen molar-refractivity contribution in [3.8, 4) is 0 Å². The van der Waals surface area contributed by atoms with E-state index in [-0.39, 0.29) is 10.8 Å². The molecule has 1 unspecified atom stereocenters. The third-order valence-corrected chi connectivity index (χ3v) is 2.97. The number of pyridine rings is 1. The van der Waals surface area contributed by atoms with Gasteiger partial charge >= 0.3 is 0 Å². The second kappa shape index (κ2) is 4.99. The molecular formula is C12H20N2S. The summed E-state index contributed by atoms with van der Waals surface area (Å²) in [4.78, 5) is 4.42. The fraction of sp³-hybridized carbons (Fsp3) is 0.583. The summed E-state index contributed by atoms with van der Waals surface area (Å²) in [6, 6.07) is 4.28. The minimum atomic E-state index is 0.188. The monoisotopic (exact) mass is 224 g/mol. The van der Waals surface area contributed by atoms with Crippen LogP contribution in [0.5, 0.6) is 0 Å². The predicted molar refractivity (Wildman–Crippen MR) is 67.2 cm³/mol. The van der Waals surface area contributed by atoms with Gasteiger partial charge in [0.1, 0.15) is 0 Å². The maximum atomic E-state index is 5.82. The summed E-state index contributed by atoms with van der Waals surface area (Å²) < 4.78 is 0.195. The minimum absolute atomic E-state index is 0.188. The van der Waals surface area contributed by atoms with E-state index >= 15 is 0 Å². The fourth-order valence-electron chi connectivity index (χ4n) is 1.31. The number of nitrogens with zero attached hydrogens (tertiary/aromatic N) is 1. The van der Waals surface area contributed by atoms with E-state index in [1.807, 2.05) is 19.2 Å². The smallest absolute Gasteiger partial charge is 0.0997 e. The molecule has 0 fully saturated rings. The Kier molecular flexibility index (Phi) is 4.17. The first-order valence-corrected chi connectivity index (χ1v) is 6.08. The number of thioether (sulfide) groups is 1. The van der Waals surface area contributed by atoms with Crippen LogP contribution in [0, 0.1) is 0 Å². The lowest BCUT2D eigenvalue weighted by Crippen LogP contribution is -2.19. The molecule has 3 heteroatoms. The molecule has 1 aromatic rings. The van der Waals surface area contributed by atoms with E-state index in [1.165, 1.54) is 5.56 Å². The van der Waals surface area contributed by atoms with E-state index < -0.39 is 0 Å². The van der Waals surface area contributed by atoms with E-state index in [0.717, 1.165) is 11.4 Å². The Hall–Kier alpha value is -0.540. The van der Waals surface area contributed by atoms with Crippen molar-refractivity contribution in [3.05, 3.63) is 23.9 Å². The van der Waals surface area contributed by atoms with Crippen molar-refractivity contribution in [2.45, 2.75) is 49.9 Å². The average molecular weight is 224 g/mol. The van der Waals surface area contributed by atoms with Crippen molar-refractivity contribution in [1.82, 2.24) is 4.98 Å². The molecule has 84 valence electrons. The van der Waals surface area contributed by atoms with Gasteiger partial charge in [-0.25, -0.2) is 4.98 Å². The summed E-state index contributed by atoms with van der Waals surface area (Å²) in [5.74, 6) is 0. The first-order valence-electron chi connectivity index (χ1n) is 5.27. The first-order chi connectivity index (χ1) is 6.88. The van der Waals surface area contributed by atoms with Gasteiger partial charge in [0.2, 0.25) is 0 Å². The zero-order valence-corrected chi connectivity index (χ0v) is 10.8. The third-order valence-electron chi connectivity index (χ3n) is 1.79. The maximum Gasteiger partial charge on any atom is 0.0997 e. The number of hydrogen-bond donors (Lipinski definition) is 1. The Labute approximate surface area is 96.7 Å². The molecule has 0 spiro atoms. The van der Waals surface area contributed by atoms with Crippen LogP contribution in [0.2, 0.25) is 0 Å². The summed E-state index contributed by atoms with van der Waals surface area (Å²) in [7, 11) is 0. The molecule has 1 atom stereocenters. The molecule has 2 N–H and O–H groups in total. The second-order valence-electron chi connectivity index (χ2n) is 4.86. The average Bonchev–Trinajstić information content (AvgIpc) is 2.05. The van der Waals surface area contributed by atoms with E-state index in [1.54, 1.807) is 11.8 Å². The van der Waals surface area contributed by atoms with Crippen LogP contribution in [0.4, 0.5) is 0 Å². The van der Waals surface area contributed by atoms with Gasteiger partial charge in [-0.05, 0) is 25.0 Å². The fourth-order valence-corrected chi connectivity index (χ4v) is 2.28. The van der Waals surface area contributed by atoms with Gasteiger partial charge in [0.25, 0.3) is 0 Å². The second-order valence-corrected chi connectivity index (χ2v) is 6.68. The SMILES string of the molecule is CC(N)Cc1cccnc1SC(C)(C)C. The lowest BCUT2D eigenvalue weighted by atomic mass is 10.1. The molecule has 1 heterocycles. The quantitative estimate of drug-likeness (QED) is 0.802. The van der Waals surface area contributed by atoms with Crippen LogP contribution in [0.25, 0.3) is 0 Å². The lowest BCUT2D eigenvalue weighted by Gasteiger charge is -2.19. The van der Waals surface area contributed by atoms with E-state index in [9.17, 15) is 0 Å². The van der Waals surface area contributed by atoms with Gasteiger partial charge < -0.3 is 5.73 Å². The maximum absolute atomic E-state index is 5.82. The highest BCUT2D eigenvalue weighted by Gasteiger charge is 2.16. The summed E-state index contributed by atoms with van der Waals surface area (Å²) >= 11 is 1.80. The van der Waals surface area contributed by atoms with E-state index in [2.05, 4.69) is 31.8 Å². The number of nitrogens with two attached hydrogens (primary N) is 1. The molecule has 2 nitrogen and oxygen atoms in total. The zero-order chi connectivity index (χ0) is 11.5.